The van der Waals surface area contributed by atoms with Crippen molar-refractivity contribution in [3.05, 3.63) is 91.9 Å². The number of aliphatic carboxylic acids is 1. The van der Waals surface area contributed by atoms with Crippen molar-refractivity contribution >= 4 is 74.7 Å². The Morgan fingerprint density at radius 3 is 2.23 bits per heavy atom. The number of nitrogens with one attached hydrogen (secondary N) is 1. The van der Waals surface area contributed by atoms with Gasteiger partial charge in [-0.15, -0.1) is 0 Å². The maximum Gasteiger partial charge on any atom is 0.339 e. The van der Waals surface area contributed by atoms with E-state index in [-0.39, 0.29) is 56.9 Å². The lowest BCUT2D eigenvalue weighted by Gasteiger charge is -2.22. The zero-order chi connectivity index (χ0) is 40.6. The third-order valence-electron chi connectivity index (χ3n) is 9.37. The normalized spacial score (nSPS) is 11.5. The van der Waals surface area contributed by atoms with E-state index < -0.39 is 29.9 Å². The molecular weight excluding hydrogens is 757 g/mol. The Kier molecular flexibility index (Phi) is 17.3. The van der Waals surface area contributed by atoms with Crippen LogP contribution in [0.25, 0.3) is 10.9 Å². The van der Waals surface area contributed by atoms with Crippen molar-refractivity contribution in [2.45, 2.75) is 91.5 Å². The number of benzene rings is 3. The van der Waals surface area contributed by atoms with E-state index >= 15 is 0 Å². The fourth-order valence-corrected chi connectivity index (χ4v) is 6.83. The summed E-state index contributed by atoms with van der Waals surface area (Å²) in [5, 5.41) is 22.2. The van der Waals surface area contributed by atoms with E-state index in [4.69, 9.17) is 27.9 Å². The van der Waals surface area contributed by atoms with Crippen LogP contribution in [0.5, 0.6) is 0 Å². The summed E-state index contributed by atoms with van der Waals surface area (Å²) in [7, 11) is 0. The number of hydrogen-bond donors (Lipinski definition) is 3. The molecule has 0 saturated carbocycles. The van der Waals surface area contributed by atoms with Gasteiger partial charge in [0.2, 0.25) is 0 Å². The summed E-state index contributed by atoms with van der Waals surface area (Å²) in [5.41, 5.74) is 0.942. The standard InChI is InChI=1S/C42H51Cl2N5O7/c1-4-6-7-8-9-10-11-12-13-16-23-56-42(55)31-25-36(33(44)26-32(31)43)47-40(53)38(45-34-20-19-29(24-28(34)3)48(5-2)21-22-50)39-46-35-18-15-14-17-30(35)41(54)49(39)27-37(51)52/h14-15,17-20,24-26,50H,4-13,16,21-23,27H2,1-3H3,(H,47,53)(H,51,52)/b45-38-. The van der Waals surface area contributed by atoms with Gasteiger partial charge in [0, 0.05) is 18.8 Å². The monoisotopic (exact) mass is 807 g/mol. The predicted octanol–water partition coefficient (Wildman–Crippen LogP) is 8.75. The van der Waals surface area contributed by atoms with Gasteiger partial charge in [-0.25, -0.2) is 14.8 Å². The summed E-state index contributed by atoms with van der Waals surface area (Å²) in [6.07, 6.45) is 11.4. The molecule has 0 aliphatic heterocycles. The molecule has 12 nitrogen and oxygen atoms in total. The molecule has 4 rings (SSSR count). The number of ether oxygens (including phenoxy) is 1. The molecule has 1 aromatic heterocycles. The van der Waals surface area contributed by atoms with Crippen molar-refractivity contribution in [1.82, 2.24) is 9.55 Å². The van der Waals surface area contributed by atoms with Crippen molar-refractivity contribution in [3.8, 4) is 0 Å². The molecule has 0 saturated heterocycles. The largest absolute Gasteiger partial charge is 0.480 e. The molecule has 0 unspecified atom stereocenters. The maximum absolute atomic E-state index is 14.3. The van der Waals surface area contributed by atoms with Crippen LogP contribution in [0.1, 0.15) is 99.8 Å². The Morgan fingerprint density at radius 1 is 0.911 bits per heavy atom. The molecular formula is C42H51Cl2N5O7. The number of unbranched alkanes of at least 4 members (excludes halogenated alkanes) is 9. The Morgan fingerprint density at radius 2 is 1.59 bits per heavy atom. The number of amides is 1. The average molecular weight is 809 g/mol. The summed E-state index contributed by atoms with van der Waals surface area (Å²) in [4.78, 5) is 64.4. The summed E-state index contributed by atoms with van der Waals surface area (Å²) in [6, 6.07) is 14.3. The van der Waals surface area contributed by atoms with Gasteiger partial charge in [0.1, 0.15) is 6.54 Å². The second-order valence-corrected chi connectivity index (χ2v) is 14.4. The summed E-state index contributed by atoms with van der Waals surface area (Å²) in [5.74, 6) is -3.21. The van der Waals surface area contributed by atoms with Crippen LogP contribution in [-0.4, -0.2) is 69.6 Å². The fraction of sp³-hybridized carbons (Fsp3) is 0.429. The van der Waals surface area contributed by atoms with E-state index in [1.54, 1.807) is 37.3 Å². The van der Waals surface area contributed by atoms with Gasteiger partial charge in [-0.2, -0.15) is 0 Å². The Labute approximate surface area is 337 Å². The number of carboxylic acids is 1. The van der Waals surface area contributed by atoms with Gasteiger partial charge in [-0.05, 0) is 68.3 Å². The molecule has 14 heteroatoms. The highest BCUT2D eigenvalue weighted by Crippen LogP contribution is 2.31. The number of aryl methyl sites for hydroxylation is 1. The second-order valence-electron chi connectivity index (χ2n) is 13.6. The molecule has 0 fully saturated rings. The first kappa shape index (κ1) is 43.9. The number of likely N-dealkylation sites (N-methyl/N-ethyl adjacent to an activating group) is 1. The number of aromatic nitrogens is 2. The number of halogens is 2. The Balaban J connectivity index is 1.64. The van der Waals surface area contributed by atoms with E-state index in [0.29, 0.717) is 30.8 Å². The van der Waals surface area contributed by atoms with Crippen molar-refractivity contribution in [2.24, 2.45) is 4.99 Å². The lowest BCUT2D eigenvalue weighted by molar-refractivity contribution is -0.137. The van der Waals surface area contributed by atoms with Crippen LogP contribution in [0.3, 0.4) is 0 Å². The quantitative estimate of drug-likeness (QED) is 0.0400. The SMILES string of the molecule is CCCCCCCCCCCCOC(=O)c1cc(NC(=O)/C(=N\c2ccc(N(CC)CCO)cc2C)c2nc3ccccc3c(=O)n2CC(=O)O)c(Cl)cc1Cl. The summed E-state index contributed by atoms with van der Waals surface area (Å²) in [6.45, 7) is 6.35. The molecule has 0 aliphatic carbocycles. The molecule has 3 N–H and O–H groups in total. The zero-order valence-corrected chi connectivity index (χ0v) is 33.8. The number of nitrogens with zero attached hydrogens (tertiary/aromatic N) is 4. The van der Waals surface area contributed by atoms with Crippen molar-refractivity contribution in [1.29, 1.82) is 0 Å². The van der Waals surface area contributed by atoms with Crippen LogP contribution in [-0.2, 0) is 20.9 Å². The lowest BCUT2D eigenvalue weighted by Crippen LogP contribution is -2.35. The number of para-hydroxylation sites is 1. The van der Waals surface area contributed by atoms with Gasteiger partial charge in [-0.3, -0.25) is 19.0 Å². The molecule has 0 aliphatic rings. The van der Waals surface area contributed by atoms with Crippen LogP contribution in [0.2, 0.25) is 10.0 Å². The maximum atomic E-state index is 14.3. The van der Waals surface area contributed by atoms with E-state index in [9.17, 15) is 29.4 Å². The van der Waals surface area contributed by atoms with Crippen molar-refractivity contribution in [2.75, 3.05) is 36.5 Å². The molecule has 300 valence electrons. The number of anilines is 2. The van der Waals surface area contributed by atoms with Crippen LogP contribution < -0.4 is 15.8 Å². The van der Waals surface area contributed by atoms with Gasteiger partial charge >= 0.3 is 11.9 Å². The Bertz CT molecular complexity index is 2080. The average Bonchev–Trinajstić information content (AvgIpc) is 3.17. The third kappa shape index (κ3) is 12.1. The second kappa shape index (κ2) is 22.1. The van der Waals surface area contributed by atoms with Crippen molar-refractivity contribution in [3.63, 3.8) is 0 Å². The van der Waals surface area contributed by atoms with E-state index in [1.807, 2.05) is 17.9 Å². The van der Waals surface area contributed by atoms with Gasteiger partial charge in [0.05, 0.1) is 51.1 Å². The number of carboxylic acid groups (broad SMARTS) is 1. The number of carbonyl (C=O) groups is 3. The van der Waals surface area contributed by atoms with Gasteiger partial charge < -0.3 is 25.2 Å². The minimum absolute atomic E-state index is 0.00207. The minimum Gasteiger partial charge on any atom is -0.480 e. The lowest BCUT2D eigenvalue weighted by atomic mass is 10.1. The molecule has 0 bridgehead atoms. The van der Waals surface area contributed by atoms with E-state index in [1.165, 1.54) is 56.7 Å². The van der Waals surface area contributed by atoms with Crippen LogP contribution in [0, 0.1) is 6.92 Å². The first-order valence-corrected chi connectivity index (χ1v) is 20.0. The highest BCUT2D eigenvalue weighted by Gasteiger charge is 2.26. The number of aliphatic hydroxyl groups is 1. The number of aliphatic imine (C=N–C) groups is 1. The highest BCUT2D eigenvalue weighted by molar-refractivity contribution is 6.49. The summed E-state index contributed by atoms with van der Waals surface area (Å²) < 4.78 is 6.40. The van der Waals surface area contributed by atoms with Gasteiger partial charge in [0.25, 0.3) is 11.5 Å². The van der Waals surface area contributed by atoms with Crippen LogP contribution in [0.4, 0.5) is 17.1 Å². The number of rotatable bonds is 22. The van der Waals surface area contributed by atoms with Crippen LogP contribution in [0.15, 0.2) is 64.4 Å². The van der Waals surface area contributed by atoms with E-state index in [2.05, 4.69) is 22.2 Å². The number of carbonyl (C=O) groups excluding carboxylic acids is 2. The number of aliphatic hydroxyl groups excluding tert-OH is 1. The molecule has 0 spiro atoms. The molecule has 4 aromatic rings. The first-order chi connectivity index (χ1) is 27.0. The van der Waals surface area contributed by atoms with Crippen LogP contribution >= 0.6 is 23.2 Å². The first-order valence-electron chi connectivity index (χ1n) is 19.2. The highest BCUT2D eigenvalue weighted by atomic mass is 35.5. The predicted molar refractivity (Wildman–Crippen MR) is 223 cm³/mol. The van der Waals surface area contributed by atoms with Crippen molar-refractivity contribution < 1.29 is 29.3 Å². The molecule has 0 radical (unpaired) electrons. The molecule has 1 amide bonds. The minimum atomic E-state index is -1.34. The number of esters is 1. The smallest absolute Gasteiger partial charge is 0.339 e. The molecule has 1 heterocycles. The fourth-order valence-electron chi connectivity index (χ4n) is 6.32. The third-order valence-corrected chi connectivity index (χ3v) is 9.99. The topological polar surface area (TPSA) is 163 Å². The molecule has 56 heavy (non-hydrogen) atoms. The number of fused-ring (bicyclic) bond motifs is 1. The number of hydrogen-bond acceptors (Lipinski definition) is 9. The van der Waals surface area contributed by atoms with E-state index in [0.717, 1.165) is 29.5 Å². The van der Waals surface area contributed by atoms with Gasteiger partial charge in [0.15, 0.2) is 11.5 Å². The molecule has 3 aromatic carbocycles. The molecule has 0 atom stereocenters. The summed E-state index contributed by atoms with van der Waals surface area (Å²) >= 11 is 13.0. The Hall–Kier alpha value is -4.78. The zero-order valence-electron chi connectivity index (χ0n) is 32.3. The van der Waals surface area contributed by atoms with Gasteiger partial charge in [-0.1, -0.05) is 100 Å².